The Hall–Kier alpha value is -3.80. The van der Waals surface area contributed by atoms with Crippen LogP contribution in [0.15, 0.2) is 66.4 Å². The van der Waals surface area contributed by atoms with E-state index in [4.69, 9.17) is 14.2 Å². The van der Waals surface area contributed by atoms with Gasteiger partial charge in [0.2, 0.25) is 11.7 Å². The molecule has 2 heterocycles. The second kappa shape index (κ2) is 6.87. The number of ether oxygens (including phenoxy) is 3. The number of carbonyl (C=O) groups excluding carboxylic acids is 2. The quantitative estimate of drug-likeness (QED) is 0.606. The smallest absolute Gasteiger partial charge is 0.373 e. The van der Waals surface area contributed by atoms with Crippen molar-refractivity contribution in [1.82, 2.24) is 0 Å². The van der Waals surface area contributed by atoms with Crippen molar-refractivity contribution < 1.29 is 23.8 Å². The summed E-state index contributed by atoms with van der Waals surface area (Å²) in [5.41, 5.74) is 0.963. The Morgan fingerprint density at radius 1 is 1.13 bits per heavy atom. The lowest BCUT2D eigenvalue weighted by Crippen LogP contribution is -2.41. The van der Waals surface area contributed by atoms with Crippen molar-refractivity contribution >= 4 is 28.3 Å². The molecule has 0 unspecified atom stereocenters. The summed E-state index contributed by atoms with van der Waals surface area (Å²) in [5.74, 6) is 0.315. The summed E-state index contributed by atoms with van der Waals surface area (Å²) >= 11 is 0. The predicted molar refractivity (Wildman–Crippen MR) is 116 cm³/mol. The number of fused-ring (bicyclic) bond motifs is 6. The van der Waals surface area contributed by atoms with E-state index in [1.54, 1.807) is 38.1 Å². The molecule has 2 aliphatic heterocycles. The average Bonchev–Trinajstić information content (AvgIpc) is 3.00. The summed E-state index contributed by atoms with van der Waals surface area (Å²) in [6.07, 6.45) is 1.60. The van der Waals surface area contributed by atoms with Crippen LogP contribution in [0.2, 0.25) is 0 Å². The molecule has 0 saturated carbocycles. The van der Waals surface area contributed by atoms with E-state index >= 15 is 0 Å². The van der Waals surface area contributed by atoms with Gasteiger partial charge in [-0.2, -0.15) is 0 Å². The number of hydrogen-bond donors (Lipinski definition) is 0. The second-order valence-electron chi connectivity index (χ2n) is 7.55. The minimum atomic E-state index is -1.24. The summed E-state index contributed by atoms with van der Waals surface area (Å²) < 4.78 is 16.6. The Labute approximate surface area is 179 Å². The van der Waals surface area contributed by atoms with Crippen molar-refractivity contribution in [2.45, 2.75) is 12.3 Å². The van der Waals surface area contributed by atoms with Gasteiger partial charge in [0, 0.05) is 23.9 Å². The minimum absolute atomic E-state index is 0.00190. The van der Waals surface area contributed by atoms with Crippen molar-refractivity contribution in [3.63, 3.8) is 0 Å². The van der Waals surface area contributed by atoms with Crippen LogP contribution in [0.4, 0.5) is 5.69 Å². The first-order valence-electron chi connectivity index (χ1n) is 10.1. The predicted octanol–water partition coefficient (Wildman–Crippen LogP) is 3.95. The third-order valence-corrected chi connectivity index (χ3v) is 5.96. The Morgan fingerprint density at radius 2 is 1.94 bits per heavy atom. The molecule has 31 heavy (non-hydrogen) atoms. The van der Waals surface area contributed by atoms with Gasteiger partial charge in [0.1, 0.15) is 16.9 Å². The van der Waals surface area contributed by atoms with E-state index in [2.05, 4.69) is 0 Å². The fourth-order valence-corrected chi connectivity index (χ4v) is 4.58. The third kappa shape index (κ3) is 2.57. The van der Waals surface area contributed by atoms with Crippen molar-refractivity contribution in [3.05, 3.63) is 77.6 Å². The topological polar surface area (TPSA) is 65.1 Å². The first kappa shape index (κ1) is 19.2. The van der Waals surface area contributed by atoms with E-state index in [9.17, 15) is 9.59 Å². The Balaban J connectivity index is 1.90. The monoisotopic (exact) mass is 415 g/mol. The van der Waals surface area contributed by atoms with Gasteiger partial charge in [0.25, 0.3) is 0 Å². The lowest BCUT2D eigenvalue weighted by atomic mass is 9.71. The van der Waals surface area contributed by atoms with Gasteiger partial charge < -0.3 is 19.1 Å². The molecule has 2 aliphatic rings. The van der Waals surface area contributed by atoms with Crippen LogP contribution >= 0.6 is 0 Å². The normalized spacial score (nSPS) is 19.0. The van der Waals surface area contributed by atoms with Crippen LogP contribution in [-0.4, -0.2) is 32.6 Å². The van der Waals surface area contributed by atoms with Gasteiger partial charge in [0.05, 0.1) is 13.7 Å². The highest BCUT2D eigenvalue weighted by Crippen LogP contribution is 2.54. The molecule has 0 saturated heterocycles. The van der Waals surface area contributed by atoms with E-state index in [0.29, 0.717) is 17.1 Å². The zero-order valence-corrected chi connectivity index (χ0v) is 17.5. The highest BCUT2D eigenvalue weighted by atomic mass is 16.6. The van der Waals surface area contributed by atoms with Gasteiger partial charge >= 0.3 is 5.97 Å². The summed E-state index contributed by atoms with van der Waals surface area (Å²) in [4.78, 5) is 28.2. The largest absolute Gasteiger partial charge is 0.497 e. The van der Waals surface area contributed by atoms with Crippen LogP contribution in [0, 0.1) is 0 Å². The molecule has 3 aromatic rings. The highest BCUT2D eigenvalue weighted by molar-refractivity contribution is 6.15. The molecule has 5 rings (SSSR count). The lowest BCUT2D eigenvalue weighted by Gasteiger charge is -2.33. The molecule has 0 bridgehead atoms. The first-order valence-corrected chi connectivity index (χ1v) is 10.1. The standard InChI is InChI=1S/C25H21NO5/c1-4-30-23(27)21-14-25(18-13-16(29-3)10-11-19(18)26(2)24(25)28)22-17-8-6-5-7-15(17)9-12-20(22)31-21/h5-14H,4H2,1-3H3/t25-/m0/s1. The van der Waals surface area contributed by atoms with Crippen LogP contribution in [0.1, 0.15) is 18.1 Å². The number of esters is 1. The van der Waals surface area contributed by atoms with Gasteiger partial charge in [-0.1, -0.05) is 30.3 Å². The number of likely N-dealkylation sites (N-methyl/N-ethyl adjacent to an activating group) is 1. The van der Waals surface area contributed by atoms with E-state index in [1.807, 2.05) is 48.5 Å². The number of carbonyl (C=O) groups is 2. The van der Waals surface area contributed by atoms with Crippen molar-refractivity contribution in [3.8, 4) is 11.5 Å². The Kier molecular flexibility index (Phi) is 4.25. The molecular formula is C25H21NO5. The zero-order valence-electron chi connectivity index (χ0n) is 17.5. The van der Waals surface area contributed by atoms with E-state index < -0.39 is 11.4 Å². The summed E-state index contributed by atoms with van der Waals surface area (Å²) in [7, 11) is 3.32. The number of nitrogens with zero attached hydrogens (tertiary/aromatic N) is 1. The lowest BCUT2D eigenvalue weighted by molar-refractivity contribution is -0.141. The van der Waals surface area contributed by atoms with Gasteiger partial charge in [-0.15, -0.1) is 0 Å². The number of rotatable bonds is 3. The summed E-state index contributed by atoms with van der Waals surface area (Å²) in [6.45, 7) is 1.93. The first-order chi connectivity index (χ1) is 15.0. The number of anilines is 1. The average molecular weight is 415 g/mol. The van der Waals surface area contributed by atoms with Gasteiger partial charge in [-0.3, -0.25) is 4.79 Å². The molecule has 1 spiro atoms. The maximum Gasteiger partial charge on any atom is 0.373 e. The van der Waals surface area contributed by atoms with Crippen LogP contribution in [0.5, 0.6) is 11.5 Å². The molecular weight excluding hydrogens is 394 g/mol. The molecule has 6 heteroatoms. The SMILES string of the molecule is CCOC(=O)C1=C[C@@]2(C(=O)N(C)c3ccc(OC)cc32)c2c(ccc3ccccc23)O1. The molecule has 6 nitrogen and oxygen atoms in total. The van der Waals surface area contributed by atoms with Crippen LogP contribution in [-0.2, 0) is 19.7 Å². The van der Waals surface area contributed by atoms with E-state index in [1.165, 1.54) is 0 Å². The van der Waals surface area contributed by atoms with E-state index in [-0.39, 0.29) is 18.3 Å². The molecule has 156 valence electrons. The molecule has 0 radical (unpaired) electrons. The molecule has 0 N–H and O–H groups in total. The van der Waals surface area contributed by atoms with Crippen LogP contribution < -0.4 is 14.4 Å². The Morgan fingerprint density at radius 3 is 2.71 bits per heavy atom. The fraction of sp³-hybridized carbons (Fsp3) is 0.200. The molecule has 3 aromatic carbocycles. The Bertz CT molecular complexity index is 1280. The molecule has 1 atom stereocenters. The third-order valence-electron chi connectivity index (χ3n) is 5.96. The van der Waals surface area contributed by atoms with Crippen LogP contribution in [0.25, 0.3) is 10.8 Å². The van der Waals surface area contributed by atoms with Gasteiger partial charge in [-0.05, 0) is 48.0 Å². The summed E-state index contributed by atoms with van der Waals surface area (Å²) in [5, 5.41) is 1.86. The highest BCUT2D eigenvalue weighted by Gasteiger charge is 2.54. The number of benzene rings is 3. The number of hydrogen-bond acceptors (Lipinski definition) is 5. The molecule has 0 fully saturated rings. The number of methoxy groups -OCH3 is 1. The maximum absolute atomic E-state index is 13.9. The van der Waals surface area contributed by atoms with Crippen molar-refractivity contribution in [1.29, 1.82) is 0 Å². The van der Waals surface area contributed by atoms with Crippen molar-refractivity contribution in [2.24, 2.45) is 0 Å². The second-order valence-corrected chi connectivity index (χ2v) is 7.55. The van der Waals surface area contributed by atoms with E-state index in [0.717, 1.165) is 22.0 Å². The maximum atomic E-state index is 13.9. The van der Waals surface area contributed by atoms with Gasteiger partial charge in [-0.25, -0.2) is 4.79 Å². The van der Waals surface area contributed by atoms with Crippen LogP contribution in [0.3, 0.4) is 0 Å². The minimum Gasteiger partial charge on any atom is -0.497 e. The molecule has 0 aliphatic carbocycles. The van der Waals surface area contributed by atoms with Gasteiger partial charge in [0.15, 0.2) is 0 Å². The molecule has 0 aromatic heterocycles. The summed E-state index contributed by atoms with van der Waals surface area (Å²) in [6, 6.07) is 17.1. The fourth-order valence-electron chi connectivity index (χ4n) is 4.58. The molecule has 1 amide bonds. The zero-order chi connectivity index (χ0) is 21.8. The number of amides is 1. The van der Waals surface area contributed by atoms with Crippen molar-refractivity contribution in [2.75, 3.05) is 25.7 Å².